The summed E-state index contributed by atoms with van der Waals surface area (Å²) < 4.78 is 4.75. The summed E-state index contributed by atoms with van der Waals surface area (Å²) in [6, 6.07) is 5.52. The fourth-order valence-corrected chi connectivity index (χ4v) is 1.04. The number of rotatable bonds is 1. The number of aryl methyl sites for hydroxylation is 1. The molecular formula is C9H9N3O. The molecule has 2 aromatic heterocycles. The van der Waals surface area contributed by atoms with E-state index in [-0.39, 0.29) is 0 Å². The summed E-state index contributed by atoms with van der Waals surface area (Å²) in [4.78, 5) is 4.14. The second-order valence-electron chi connectivity index (χ2n) is 2.80. The summed E-state index contributed by atoms with van der Waals surface area (Å²) in [7, 11) is 0. The predicted octanol–water partition coefficient (Wildman–Crippen LogP) is 1.63. The van der Waals surface area contributed by atoms with Crippen molar-refractivity contribution in [2.75, 3.05) is 5.73 Å². The molecule has 4 heteroatoms. The number of hydrogen-bond donors (Lipinski definition) is 1. The van der Waals surface area contributed by atoms with Gasteiger partial charge in [0, 0.05) is 23.5 Å². The lowest BCUT2D eigenvalue weighted by Crippen LogP contribution is -1.82. The molecule has 0 fully saturated rings. The molecule has 0 saturated carbocycles. The van der Waals surface area contributed by atoms with Crippen LogP contribution in [0.15, 0.2) is 28.9 Å². The average molecular weight is 175 g/mol. The number of hydrogen-bond acceptors (Lipinski definition) is 4. The molecule has 2 N–H and O–H groups in total. The van der Waals surface area contributed by atoms with Gasteiger partial charge in [-0.2, -0.15) is 0 Å². The topological polar surface area (TPSA) is 64.9 Å². The lowest BCUT2D eigenvalue weighted by Gasteiger charge is -1.94. The second-order valence-corrected chi connectivity index (χ2v) is 2.80. The van der Waals surface area contributed by atoms with E-state index in [1.807, 2.05) is 19.1 Å². The molecule has 2 rings (SSSR count). The van der Waals surface area contributed by atoms with Crippen LogP contribution in [-0.2, 0) is 0 Å². The highest BCUT2D eigenvalue weighted by Gasteiger charge is 2.03. The Morgan fingerprint density at radius 1 is 1.38 bits per heavy atom. The first-order chi connectivity index (χ1) is 6.25. The molecule has 13 heavy (non-hydrogen) atoms. The smallest absolute Gasteiger partial charge is 0.222 e. The van der Waals surface area contributed by atoms with Crippen LogP contribution in [-0.4, -0.2) is 10.1 Å². The van der Waals surface area contributed by atoms with Crippen LogP contribution in [0, 0.1) is 6.92 Å². The molecule has 0 spiro atoms. The van der Waals surface area contributed by atoms with Crippen molar-refractivity contribution in [1.82, 2.24) is 10.1 Å². The van der Waals surface area contributed by atoms with Crippen molar-refractivity contribution in [3.8, 4) is 11.3 Å². The van der Waals surface area contributed by atoms with Gasteiger partial charge >= 0.3 is 0 Å². The van der Waals surface area contributed by atoms with E-state index >= 15 is 0 Å². The van der Waals surface area contributed by atoms with E-state index in [0.29, 0.717) is 11.6 Å². The van der Waals surface area contributed by atoms with E-state index in [4.69, 9.17) is 10.3 Å². The monoisotopic (exact) mass is 175 g/mol. The van der Waals surface area contributed by atoms with Crippen molar-refractivity contribution in [3.05, 3.63) is 30.1 Å². The Hall–Kier alpha value is -1.84. The third-order valence-corrected chi connectivity index (χ3v) is 1.74. The molecule has 0 radical (unpaired) electrons. The molecule has 0 bridgehead atoms. The minimum Gasteiger partial charge on any atom is -0.368 e. The maximum Gasteiger partial charge on any atom is 0.222 e. The molecule has 4 nitrogen and oxygen atoms in total. The molecule has 0 aliphatic heterocycles. The Morgan fingerprint density at radius 3 is 2.77 bits per heavy atom. The van der Waals surface area contributed by atoms with Gasteiger partial charge in [-0.15, -0.1) is 0 Å². The van der Waals surface area contributed by atoms with Crippen LogP contribution in [0.5, 0.6) is 0 Å². The normalized spacial score (nSPS) is 10.2. The average Bonchev–Trinajstić information content (AvgIpc) is 2.53. The van der Waals surface area contributed by atoms with Gasteiger partial charge in [-0.1, -0.05) is 5.16 Å². The molecule has 2 heterocycles. The van der Waals surface area contributed by atoms with Crippen molar-refractivity contribution in [3.63, 3.8) is 0 Å². The fraction of sp³-hybridized carbons (Fsp3) is 0.111. The molecule has 0 aliphatic carbocycles. The van der Waals surface area contributed by atoms with Crippen LogP contribution in [0.2, 0.25) is 0 Å². The standard InChI is InChI=1S/C9H9N3O/c1-6-2-3-7(5-11-6)8-4-9(10)13-12-8/h2-5H,10H2,1H3. The van der Waals surface area contributed by atoms with Crippen molar-refractivity contribution in [2.45, 2.75) is 6.92 Å². The van der Waals surface area contributed by atoms with Gasteiger partial charge in [0.05, 0.1) is 0 Å². The SMILES string of the molecule is Cc1ccc(-c2cc(N)on2)cn1. The van der Waals surface area contributed by atoms with Crippen molar-refractivity contribution < 1.29 is 4.52 Å². The van der Waals surface area contributed by atoms with Crippen molar-refractivity contribution in [1.29, 1.82) is 0 Å². The maximum absolute atomic E-state index is 5.40. The van der Waals surface area contributed by atoms with E-state index in [0.717, 1.165) is 11.3 Å². The van der Waals surface area contributed by atoms with Gasteiger partial charge < -0.3 is 10.3 Å². The highest BCUT2D eigenvalue weighted by Crippen LogP contribution is 2.18. The van der Waals surface area contributed by atoms with E-state index in [2.05, 4.69) is 10.1 Å². The van der Waals surface area contributed by atoms with Gasteiger partial charge in [-0.25, -0.2) is 0 Å². The van der Waals surface area contributed by atoms with Gasteiger partial charge in [-0.3, -0.25) is 4.98 Å². The third kappa shape index (κ3) is 1.51. The molecule has 0 saturated heterocycles. The summed E-state index contributed by atoms with van der Waals surface area (Å²) >= 11 is 0. The number of pyridine rings is 1. The Morgan fingerprint density at radius 2 is 2.23 bits per heavy atom. The number of nitrogens with two attached hydrogens (primary N) is 1. The third-order valence-electron chi connectivity index (χ3n) is 1.74. The van der Waals surface area contributed by atoms with Crippen LogP contribution in [0.4, 0.5) is 5.88 Å². The number of nitrogens with zero attached hydrogens (tertiary/aromatic N) is 2. The van der Waals surface area contributed by atoms with E-state index < -0.39 is 0 Å². The van der Waals surface area contributed by atoms with Crippen molar-refractivity contribution in [2.24, 2.45) is 0 Å². The molecule has 0 aromatic carbocycles. The van der Waals surface area contributed by atoms with Crippen LogP contribution in [0.25, 0.3) is 11.3 Å². The highest BCUT2D eigenvalue weighted by molar-refractivity contribution is 5.59. The largest absolute Gasteiger partial charge is 0.368 e. The van der Waals surface area contributed by atoms with E-state index in [1.165, 1.54) is 0 Å². The second kappa shape index (κ2) is 2.90. The maximum atomic E-state index is 5.40. The lowest BCUT2D eigenvalue weighted by molar-refractivity contribution is 0.439. The van der Waals surface area contributed by atoms with Gasteiger partial charge in [0.2, 0.25) is 5.88 Å². The summed E-state index contributed by atoms with van der Waals surface area (Å²) in [5.74, 6) is 0.315. The van der Waals surface area contributed by atoms with Gasteiger partial charge in [0.15, 0.2) is 0 Å². The zero-order chi connectivity index (χ0) is 9.26. The minimum atomic E-state index is 0.315. The van der Waals surface area contributed by atoms with Crippen molar-refractivity contribution >= 4 is 5.88 Å². The molecule has 66 valence electrons. The van der Waals surface area contributed by atoms with Gasteiger partial charge in [0.1, 0.15) is 5.69 Å². The first kappa shape index (κ1) is 7.79. The van der Waals surface area contributed by atoms with E-state index in [9.17, 15) is 0 Å². The predicted molar refractivity (Wildman–Crippen MR) is 48.9 cm³/mol. The summed E-state index contributed by atoms with van der Waals surface area (Å²) in [5.41, 5.74) is 7.99. The number of anilines is 1. The number of aromatic nitrogens is 2. The van der Waals surface area contributed by atoms with Crippen LogP contribution < -0.4 is 5.73 Å². The van der Waals surface area contributed by atoms with Gasteiger partial charge in [0.25, 0.3) is 0 Å². The summed E-state index contributed by atoms with van der Waals surface area (Å²) in [5, 5.41) is 3.78. The minimum absolute atomic E-state index is 0.315. The molecule has 2 aromatic rings. The Balaban J connectivity index is 2.41. The van der Waals surface area contributed by atoms with Gasteiger partial charge in [-0.05, 0) is 19.1 Å². The van der Waals surface area contributed by atoms with Crippen LogP contribution >= 0.6 is 0 Å². The first-order valence-corrected chi connectivity index (χ1v) is 3.91. The van der Waals surface area contributed by atoms with Crippen LogP contribution in [0.1, 0.15) is 5.69 Å². The van der Waals surface area contributed by atoms with E-state index in [1.54, 1.807) is 12.3 Å². The fourth-order valence-electron chi connectivity index (χ4n) is 1.04. The molecule has 0 unspecified atom stereocenters. The Kier molecular flexibility index (Phi) is 1.73. The number of nitrogen functional groups attached to an aromatic ring is 1. The molecule has 0 aliphatic rings. The Labute approximate surface area is 75.4 Å². The summed E-state index contributed by atoms with van der Waals surface area (Å²) in [6.07, 6.45) is 1.74. The molecule has 0 atom stereocenters. The first-order valence-electron chi connectivity index (χ1n) is 3.91. The zero-order valence-corrected chi connectivity index (χ0v) is 7.19. The quantitative estimate of drug-likeness (QED) is 0.715. The van der Waals surface area contributed by atoms with Crippen LogP contribution in [0.3, 0.4) is 0 Å². The molecular weight excluding hydrogens is 166 g/mol. The lowest BCUT2D eigenvalue weighted by atomic mass is 10.2. The Bertz CT molecular complexity index is 405. The molecule has 0 amide bonds. The highest BCUT2D eigenvalue weighted by atomic mass is 16.5. The zero-order valence-electron chi connectivity index (χ0n) is 7.19. The summed E-state index contributed by atoms with van der Waals surface area (Å²) in [6.45, 7) is 1.93.